The maximum atomic E-state index is 11.3. The van der Waals surface area contributed by atoms with Crippen LogP contribution in [0.3, 0.4) is 0 Å². The molecule has 0 amide bonds. The predicted octanol–water partition coefficient (Wildman–Crippen LogP) is 10.5. The van der Waals surface area contributed by atoms with E-state index in [1.54, 1.807) is 6.07 Å². The molecule has 4 nitrogen and oxygen atoms in total. The van der Waals surface area contributed by atoms with Crippen molar-refractivity contribution in [3.63, 3.8) is 0 Å². The zero-order chi connectivity index (χ0) is 31.6. The molecule has 5 aromatic carbocycles. The number of aliphatic carboxylic acids is 1. The van der Waals surface area contributed by atoms with Crippen LogP contribution < -0.4 is 0 Å². The molecular weight excluding hydrogens is 585 g/mol. The first-order valence-corrected chi connectivity index (χ1v) is 16.0. The molecule has 1 aliphatic carbocycles. The van der Waals surface area contributed by atoms with E-state index in [0.29, 0.717) is 0 Å². The Kier molecular flexibility index (Phi) is 6.32. The first-order valence-electron chi connectivity index (χ1n) is 15.2. The first-order chi connectivity index (χ1) is 22.3. The topological polar surface area (TPSA) is 66.0 Å². The summed E-state index contributed by atoms with van der Waals surface area (Å²) in [5, 5.41) is 20.9. The van der Waals surface area contributed by atoms with Crippen LogP contribution in [0, 0.1) is 11.3 Å². The lowest BCUT2D eigenvalue weighted by Crippen LogP contribution is -2.15. The molecule has 7 aromatic rings. The number of benzene rings is 5. The number of rotatable bonds is 5. The maximum Gasteiger partial charge on any atom is 0.346 e. The molecule has 0 fully saturated rings. The van der Waals surface area contributed by atoms with Crippen molar-refractivity contribution in [2.24, 2.45) is 0 Å². The van der Waals surface area contributed by atoms with Crippen molar-refractivity contribution < 1.29 is 9.90 Å². The molecule has 1 N–H and O–H groups in total. The smallest absolute Gasteiger partial charge is 0.346 e. The van der Waals surface area contributed by atoms with E-state index in [1.807, 2.05) is 12.1 Å². The van der Waals surface area contributed by atoms with Crippen LogP contribution in [0.15, 0.2) is 127 Å². The van der Waals surface area contributed by atoms with Gasteiger partial charge in [-0.15, -0.1) is 11.3 Å². The van der Waals surface area contributed by atoms with E-state index in [4.69, 9.17) is 5.26 Å². The number of para-hydroxylation sites is 2. The molecule has 8 rings (SSSR count). The number of carboxylic acid groups (broad SMARTS) is 1. The predicted molar refractivity (Wildman–Crippen MR) is 188 cm³/mol. The molecule has 1 aliphatic rings. The number of carboxylic acids is 1. The number of hydrogen-bond donors (Lipinski definition) is 1. The summed E-state index contributed by atoms with van der Waals surface area (Å²) in [5.74, 6) is -1.22. The van der Waals surface area contributed by atoms with Gasteiger partial charge < -0.3 is 9.67 Å². The lowest BCUT2D eigenvalue weighted by Gasteiger charge is -2.22. The average molecular weight is 613 g/mol. The molecule has 0 atom stereocenters. The Bertz CT molecular complexity index is 2440. The molecule has 0 unspecified atom stereocenters. The summed E-state index contributed by atoms with van der Waals surface area (Å²) < 4.78 is 2.34. The molecule has 0 saturated carbocycles. The molecular formula is C41H28N2O2S. The van der Waals surface area contributed by atoms with Crippen LogP contribution in [-0.4, -0.2) is 15.6 Å². The molecule has 0 aliphatic heterocycles. The number of nitrogens with zero attached hydrogens (tertiary/aromatic N) is 2. The first kappa shape index (κ1) is 27.8. The average Bonchev–Trinajstić information content (AvgIpc) is 3.75. The summed E-state index contributed by atoms with van der Waals surface area (Å²) in [4.78, 5) is 13.1. The fourth-order valence-electron chi connectivity index (χ4n) is 6.95. The second-order valence-corrected chi connectivity index (χ2v) is 13.4. The Morgan fingerprint density at radius 2 is 1.37 bits per heavy atom. The van der Waals surface area contributed by atoms with Gasteiger partial charge in [-0.1, -0.05) is 80.6 Å². The van der Waals surface area contributed by atoms with Crippen molar-refractivity contribution in [2.45, 2.75) is 19.3 Å². The Labute approximate surface area is 270 Å². The molecule has 0 radical (unpaired) electrons. The van der Waals surface area contributed by atoms with Gasteiger partial charge in [0.05, 0.1) is 11.0 Å². The summed E-state index contributed by atoms with van der Waals surface area (Å²) in [5.41, 5.74) is 11.6. The van der Waals surface area contributed by atoms with E-state index in [1.165, 1.54) is 72.6 Å². The molecule has 0 bridgehead atoms. The van der Waals surface area contributed by atoms with Crippen molar-refractivity contribution in [1.82, 2.24) is 4.57 Å². The van der Waals surface area contributed by atoms with E-state index in [9.17, 15) is 9.90 Å². The number of thiophene rings is 1. The van der Waals surface area contributed by atoms with Gasteiger partial charge in [-0.3, -0.25) is 0 Å². The van der Waals surface area contributed by atoms with Crippen LogP contribution in [0.5, 0.6) is 0 Å². The summed E-state index contributed by atoms with van der Waals surface area (Å²) in [6.45, 7) is 4.58. The number of nitriles is 1. The molecule has 0 saturated heterocycles. The van der Waals surface area contributed by atoms with E-state index in [2.05, 4.69) is 128 Å². The van der Waals surface area contributed by atoms with Gasteiger partial charge in [0.15, 0.2) is 0 Å². The molecule has 5 heteroatoms. The molecule has 46 heavy (non-hydrogen) atoms. The fourth-order valence-corrected chi connectivity index (χ4v) is 7.90. The molecule has 2 aromatic heterocycles. The van der Waals surface area contributed by atoms with Gasteiger partial charge in [0.1, 0.15) is 11.6 Å². The Hall–Kier alpha value is -5.70. The van der Waals surface area contributed by atoms with Crippen LogP contribution in [0.1, 0.15) is 29.9 Å². The van der Waals surface area contributed by atoms with Crippen molar-refractivity contribution in [1.29, 1.82) is 5.26 Å². The minimum atomic E-state index is -1.22. The zero-order valence-electron chi connectivity index (χ0n) is 25.3. The highest BCUT2D eigenvalue weighted by Gasteiger charge is 2.36. The van der Waals surface area contributed by atoms with E-state index < -0.39 is 5.97 Å². The molecule has 220 valence electrons. The fraction of sp³-hybridized carbons (Fsp3) is 0.0732. The third kappa shape index (κ3) is 4.30. The third-order valence-electron chi connectivity index (χ3n) is 9.25. The van der Waals surface area contributed by atoms with E-state index in [0.717, 1.165) is 21.0 Å². The number of hydrogen-bond acceptors (Lipinski definition) is 3. The highest BCUT2D eigenvalue weighted by Crippen LogP contribution is 2.51. The minimum Gasteiger partial charge on any atom is -0.477 e. The van der Waals surface area contributed by atoms with Crippen LogP contribution in [0.25, 0.3) is 66.3 Å². The van der Waals surface area contributed by atoms with E-state index >= 15 is 0 Å². The molecule has 0 spiro atoms. The van der Waals surface area contributed by atoms with Crippen LogP contribution >= 0.6 is 11.3 Å². The van der Waals surface area contributed by atoms with Gasteiger partial charge >= 0.3 is 5.97 Å². The van der Waals surface area contributed by atoms with Crippen LogP contribution in [0.4, 0.5) is 0 Å². The van der Waals surface area contributed by atoms with Gasteiger partial charge in [-0.25, -0.2) is 4.79 Å². The Morgan fingerprint density at radius 3 is 2.11 bits per heavy atom. The van der Waals surface area contributed by atoms with Gasteiger partial charge in [-0.05, 0) is 99.6 Å². The van der Waals surface area contributed by atoms with Crippen molar-refractivity contribution >= 4 is 45.2 Å². The Morgan fingerprint density at radius 1 is 0.739 bits per heavy atom. The number of carbonyl (C=O) groups is 1. The van der Waals surface area contributed by atoms with Gasteiger partial charge in [0, 0.05) is 31.6 Å². The van der Waals surface area contributed by atoms with Crippen LogP contribution in [0.2, 0.25) is 0 Å². The largest absolute Gasteiger partial charge is 0.477 e. The van der Waals surface area contributed by atoms with Gasteiger partial charge in [0.25, 0.3) is 0 Å². The quantitative estimate of drug-likeness (QED) is 0.155. The lowest BCUT2D eigenvalue weighted by molar-refractivity contribution is -0.132. The highest BCUT2D eigenvalue weighted by molar-refractivity contribution is 7.16. The van der Waals surface area contributed by atoms with E-state index in [-0.39, 0.29) is 11.0 Å². The SMILES string of the molecule is CC1(C)c2cc(-c3ccc4c(c3)c3ccccc3n4-c3ccccc3)ccc2-c2ccc(-c3ccc(/C=C(\C#N)C(=O)O)s3)cc21. The maximum absolute atomic E-state index is 11.3. The second-order valence-electron chi connectivity index (χ2n) is 12.2. The van der Waals surface area contributed by atoms with Crippen molar-refractivity contribution in [2.75, 3.05) is 0 Å². The summed E-state index contributed by atoms with van der Waals surface area (Å²) >= 11 is 1.49. The third-order valence-corrected chi connectivity index (χ3v) is 10.3. The van der Waals surface area contributed by atoms with Crippen LogP contribution in [-0.2, 0) is 10.2 Å². The van der Waals surface area contributed by atoms with Gasteiger partial charge in [-0.2, -0.15) is 5.26 Å². The number of fused-ring (bicyclic) bond motifs is 6. The normalized spacial score (nSPS) is 13.5. The van der Waals surface area contributed by atoms with Crippen molar-refractivity contribution in [3.8, 4) is 44.5 Å². The molecule has 2 heterocycles. The summed E-state index contributed by atoms with van der Waals surface area (Å²) in [6.07, 6.45) is 1.43. The monoisotopic (exact) mass is 612 g/mol. The van der Waals surface area contributed by atoms with Crippen molar-refractivity contribution in [3.05, 3.63) is 143 Å². The lowest BCUT2D eigenvalue weighted by atomic mass is 9.81. The standard InChI is InChI=1S/C41H28N2O2S/c1-41(2)35-22-26(25-14-18-38-34(21-25)33-10-6-7-11-37(33)43(38)29-8-4-3-5-9-29)12-16-31(35)32-17-13-27(23-36(32)41)39-19-15-30(46-39)20-28(24-42)40(44)45/h3-23H,1-2H3,(H,44,45)/b28-20+. The summed E-state index contributed by atoms with van der Waals surface area (Å²) in [6, 6.07) is 45.1. The zero-order valence-corrected chi connectivity index (χ0v) is 26.1. The van der Waals surface area contributed by atoms with Gasteiger partial charge in [0.2, 0.25) is 0 Å². The second kappa shape index (κ2) is 10.4. The highest BCUT2D eigenvalue weighted by atomic mass is 32.1. The Balaban J connectivity index is 1.18. The number of aromatic nitrogens is 1. The summed E-state index contributed by atoms with van der Waals surface area (Å²) in [7, 11) is 0. The minimum absolute atomic E-state index is 0.207.